The molecular weight excluding hydrogens is 364 g/mol. The lowest BCUT2D eigenvalue weighted by Gasteiger charge is -2.43. The van der Waals surface area contributed by atoms with Crippen LogP contribution in [-0.2, 0) is 14.3 Å². The Balaban J connectivity index is 1.62. The number of ether oxygens (including phenoxy) is 2. The SMILES string of the molecule is CN(C)C(=O)CN=C(NC1CCOCC1)NC1CCOC2(CCSCC2)C1. The predicted octanol–water partition coefficient (Wildman–Crippen LogP) is 1.23. The molecule has 1 amide bonds. The lowest BCUT2D eigenvalue weighted by atomic mass is 9.85. The number of carbonyl (C=O) groups is 1. The van der Waals surface area contributed by atoms with Crippen LogP contribution in [-0.4, -0.2) is 86.4 Å². The number of carbonyl (C=O) groups excluding carboxylic acids is 1. The van der Waals surface area contributed by atoms with Gasteiger partial charge in [-0.05, 0) is 50.0 Å². The number of amides is 1. The zero-order valence-electron chi connectivity index (χ0n) is 16.7. The van der Waals surface area contributed by atoms with Crippen molar-refractivity contribution in [3.63, 3.8) is 0 Å². The van der Waals surface area contributed by atoms with Gasteiger partial charge in [-0.25, -0.2) is 4.99 Å². The molecule has 0 bridgehead atoms. The number of rotatable bonds is 4. The third-order valence-corrected chi connectivity index (χ3v) is 6.66. The first-order chi connectivity index (χ1) is 13.1. The van der Waals surface area contributed by atoms with Crippen LogP contribution in [0, 0.1) is 0 Å². The molecule has 0 saturated carbocycles. The Hall–Kier alpha value is -0.990. The summed E-state index contributed by atoms with van der Waals surface area (Å²) >= 11 is 2.02. The summed E-state index contributed by atoms with van der Waals surface area (Å²) in [6.07, 6.45) is 6.20. The van der Waals surface area contributed by atoms with E-state index in [0.29, 0.717) is 12.1 Å². The highest BCUT2D eigenvalue weighted by Crippen LogP contribution is 2.37. The number of nitrogens with zero attached hydrogens (tertiary/aromatic N) is 2. The van der Waals surface area contributed by atoms with Crippen molar-refractivity contribution < 1.29 is 14.3 Å². The minimum absolute atomic E-state index is 0.0100. The molecule has 3 saturated heterocycles. The van der Waals surface area contributed by atoms with Gasteiger partial charge in [-0.1, -0.05) is 0 Å². The molecule has 0 aromatic rings. The molecular formula is C19H34N4O3S. The normalized spacial score (nSPS) is 26.6. The van der Waals surface area contributed by atoms with E-state index in [1.807, 2.05) is 11.8 Å². The van der Waals surface area contributed by atoms with Gasteiger partial charge in [0.15, 0.2) is 5.96 Å². The molecule has 2 N–H and O–H groups in total. The number of hydrogen-bond acceptors (Lipinski definition) is 5. The molecule has 0 aliphatic carbocycles. The van der Waals surface area contributed by atoms with E-state index in [0.717, 1.165) is 64.3 Å². The van der Waals surface area contributed by atoms with E-state index < -0.39 is 0 Å². The summed E-state index contributed by atoms with van der Waals surface area (Å²) in [7, 11) is 3.53. The van der Waals surface area contributed by atoms with Gasteiger partial charge in [0.1, 0.15) is 6.54 Å². The van der Waals surface area contributed by atoms with Crippen molar-refractivity contribution in [1.29, 1.82) is 0 Å². The molecule has 154 valence electrons. The molecule has 1 spiro atoms. The van der Waals surface area contributed by atoms with Crippen LogP contribution < -0.4 is 10.6 Å². The summed E-state index contributed by atoms with van der Waals surface area (Å²) in [4.78, 5) is 18.2. The molecule has 0 radical (unpaired) electrons. The van der Waals surface area contributed by atoms with Crippen molar-refractivity contribution in [2.75, 3.05) is 52.0 Å². The van der Waals surface area contributed by atoms with Crippen LogP contribution in [0.4, 0.5) is 0 Å². The Morgan fingerprint density at radius 3 is 2.48 bits per heavy atom. The molecule has 3 aliphatic heterocycles. The topological polar surface area (TPSA) is 75.2 Å². The van der Waals surface area contributed by atoms with Crippen LogP contribution in [0.1, 0.15) is 38.5 Å². The first kappa shape index (κ1) is 20.7. The number of aliphatic imine (C=N–C) groups is 1. The van der Waals surface area contributed by atoms with E-state index in [4.69, 9.17) is 9.47 Å². The summed E-state index contributed by atoms with van der Waals surface area (Å²) in [5.74, 6) is 3.14. The van der Waals surface area contributed by atoms with Crippen LogP contribution in [0.3, 0.4) is 0 Å². The molecule has 1 unspecified atom stereocenters. The molecule has 3 rings (SSSR count). The van der Waals surface area contributed by atoms with Gasteiger partial charge in [0.05, 0.1) is 5.60 Å². The molecule has 27 heavy (non-hydrogen) atoms. The van der Waals surface area contributed by atoms with Crippen LogP contribution in [0.15, 0.2) is 4.99 Å². The molecule has 3 aliphatic rings. The van der Waals surface area contributed by atoms with Gasteiger partial charge in [0.25, 0.3) is 0 Å². The van der Waals surface area contributed by atoms with Gasteiger partial charge < -0.3 is 25.0 Å². The first-order valence-electron chi connectivity index (χ1n) is 10.1. The lowest BCUT2D eigenvalue weighted by molar-refractivity contribution is -0.127. The Bertz CT molecular complexity index is 512. The third kappa shape index (κ3) is 6.26. The van der Waals surface area contributed by atoms with Gasteiger partial charge in [-0.2, -0.15) is 11.8 Å². The van der Waals surface area contributed by atoms with Crippen molar-refractivity contribution in [2.45, 2.75) is 56.2 Å². The summed E-state index contributed by atoms with van der Waals surface area (Å²) in [5.41, 5.74) is 0.0322. The summed E-state index contributed by atoms with van der Waals surface area (Å²) in [6.45, 7) is 2.51. The molecule has 3 fully saturated rings. The molecule has 0 aromatic carbocycles. The Morgan fingerprint density at radius 1 is 1.11 bits per heavy atom. The zero-order valence-corrected chi connectivity index (χ0v) is 17.5. The lowest BCUT2D eigenvalue weighted by Crippen LogP contribution is -2.54. The van der Waals surface area contributed by atoms with E-state index in [1.54, 1.807) is 19.0 Å². The second kappa shape index (κ2) is 9.98. The second-order valence-corrected chi connectivity index (χ2v) is 9.19. The fraction of sp³-hybridized carbons (Fsp3) is 0.895. The zero-order chi connectivity index (χ0) is 19.1. The second-order valence-electron chi connectivity index (χ2n) is 7.96. The van der Waals surface area contributed by atoms with E-state index in [1.165, 1.54) is 11.5 Å². The smallest absolute Gasteiger partial charge is 0.243 e. The van der Waals surface area contributed by atoms with Crippen LogP contribution in [0.25, 0.3) is 0 Å². The Morgan fingerprint density at radius 2 is 1.78 bits per heavy atom. The third-order valence-electron chi connectivity index (χ3n) is 5.67. The van der Waals surface area contributed by atoms with Gasteiger partial charge in [-0.3, -0.25) is 4.79 Å². The fourth-order valence-corrected chi connectivity index (χ4v) is 5.13. The number of hydrogen-bond donors (Lipinski definition) is 2. The maximum Gasteiger partial charge on any atom is 0.243 e. The monoisotopic (exact) mass is 398 g/mol. The molecule has 0 aromatic heterocycles. The Labute approximate surface area is 167 Å². The van der Waals surface area contributed by atoms with Gasteiger partial charge >= 0.3 is 0 Å². The van der Waals surface area contributed by atoms with Crippen molar-refractivity contribution in [3.8, 4) is 0 Å². The number of nitrogens with one attached hydrogen (secondary N) is 2. The van der Waals surface area contributed by atoms with Gasteiger partial charge in [0.2, 0.25) is 5.91 Å². The van der Waals surface area contributed by atoms with Gasteiger partial charge in [0, 0.05) is 46.0 Å². The maximum atomic E-state index is 12.0. The average molecular weight is 399 g/mol. The predicted molar refractivity (Wildman–Crippen MR) is 109 cm³/mol. The molecule has 7 nitrogen and oxygen atoms in total. The van der Waals surface area contributed by atoms with Crippen molar-refractivity contribution in [3.05, 3.63) is 0 Å². The minimum Gasteiger partial charge on any atom is -0.381 e. The molecule has 1 atom stereocenters. The van der Waals surface area contributed by atoms with E-state index in [-0.39, 0.29) is 18.1 Å². The highest BCUT2D eigenvalue weighted by molar-refractivity contribution is 7.99. The number of thioether (sulfide) groups is 1. The largest absolute Gasteiger partial charge is 0.381 e. The van der Waals surface area contributed by atoms with Crippen molar-refractivity contribution in [1.82, 2.24) is 15.5 Å². The van der Waals surface area contributed by atoms with Crippen LogP contribution >= 0.6 is 11.8 Å². The minimum atomic E-state index is 0.0100. The van der Waals surface area contributed by atoms with E-state index in [9.17, 15) is 4.79 Å². The molecule has 8 heteroatoms. The van der Waals surface area contributed by atoms with E-state index in [2.05, 4.69) is 15.6 Å². The van der Waals surface area contributed by atoms with Crippen LogP contribution in [0.5, 0.6) is 0 Å². The first-order valence-corrected chi connectivity index (χ1v) is 11.3. The van der Waals surface area contributed by atoms with Gasteiger partial charge in [-0.15, -0.1) is 0 Å². The standard InChI is InChI=1S/C19H34N4O3S/c1-23(2)17(24)14-20-18(21-15-3-8-25-9-4-15)22-16-5-10-26-19(13-16)6-11-27-12-7-19/h15-16H,3-14H2,1-2H3,(H2,20,21,22). The molecule has 3 heterocycles. The average Bonchev–Trinajstić information content (AvgIpc) is 2.67. The quantitative estimate of drug-likeness (QED) is 0.548. The highest BCUT2D eigenvalue weighted by atomic mass is 32.2. The number of likely N-dealkylation sites (N-methyl/N-ethyl adjacent to an activating group) is 1. The Kier molecular flexibility index (Phi) is 7.66. The summed E-state index contributed by atoms with van der Waals surface area (Å²) < 4.78 is 11.7. The highest BCUT2D eigenvalue weighted by Gasteiger charge is 2.39. The van der Waals surface area contributed by atoms with Crippen molar-refractivity contribution in [2.24, 2.45) is 4.99 Å². The fourth-order valence-electron chi connectivity index (χ4n) is 3.89. The summed E-state index contributed by atoms with van der Waals surface area (Å²) in [5, 5.41) is 7.14. The van der Waals surface area contributed by atoms with Crippen molar-refractivity contribution >= 4 is 23.6 Å². The number of guanidine groups is 1. The maximum absolute atomic E-state index is 12.0. The summed E-state index contributed by atoms with van der Waals surface area (Å²) in [6, 6.07) is 0.682. The van der Waals surface area contributed by atoms with E-state index >= 15 is 0 Å². The van der Waals surface area contributed by atoms with Crippen LogP contribution in [0.2, 0.25) is 0 Å².